The van der Waals surface area contributed by atoms with Crippen LogP contribution in [-0.4, -0.2) is 45.1 Å². The van der Waals surface area contributed by atoms with Crippen LogP contribution >= 0.6 is 0 Å². The van der Waals surface area contributed by atoms with Gasteiger partial charge in [0.1, 0.15) is 5.82 Å². The molecule has 0 radical (unpaired) electrons. The van der Waals surface area contributed by atoms with Gasteiger partial charge < -0.3 is 10.2 Å². The second-order valence-electron chi connectivity index (χ2n) is 6.80. The molecule has 0 aromatic carbocycles. The molecule has 0 unspecified atom stereocenters. The lowest BCUT2D eigenvalue weighted by atomic mass is 9.95. The molecule has 0 bridgehead atoms. The summed E-state index contributed by atoms with van der Waals surface area (Å²) in [4.78, 5) is 18.7. The van der Waals surface area contributed by atoms with E-state index in [-0.39, 0.29) is 5.91 Å². The first-order valence-electron chi connectivity index (χ1n) is 9.59. The first kappa shape index (κ1) is 17.7. The van der Waals surface area contributed by atoms with Crippen LogP contribution in [0.3, 0.4) is 0 Å². The van der Waals surface area contributed by atoms with Crippen molar-refractivity contribution in [2.45, 2.75) is 64.8 Å². The molecule has 0 spiro atoms. The van der Waals surface area contributed by atoms with E-state index in [2.05, 4.69) is 20.5 Å². The molecule has 25 heavy (non-hydrogen) atoms. The number of aromatic amines is 1. The molecule has 2 aromatic heterocycles. The van der Waals surface area contributed by atoms with Gasteiger partial charge in [-0.25, -0.2) is 4.98 Å². The number of H-pyrrole nitrogens is 1. The number of rotatable bonds is 7. The fourth-order valence-electron chi connectivity index (χ4n) is 3.72. The molecule has 0 atom stereocenters. The Morgan fingerprint density at radius 1 is 1.28 bits per heavy atom. The molecule has 6 heteroatoms. The molecule has 0 aliphatic heterocycles. The zero-order valence-corrected chi connectivity index (χ0v) is 15.3. The number of aromatic nitrogens is 3. The maximum absolute atomic E-state index is 12.3. The van der Waals surface area contributed by atoms with E-state index in [0.717, 1.165) is 35.5 Å². The van der Waals surface area contributed by atoms with Crippen LogP contribution in [-0.2, 0) is 11.2 Å². The van der Waals surface area contributed by atoms with Crippen LogP contribution in [0.1, 0.15) is 58.1 Å². The van der Waals surface area contributed by atoms with Crippen molar-refractivity contribution < 1.29 is 4.79 Å². The summed E-state index contributed by atoms with van der Waals surface area (Å²) < 4.78 is 0. The number of nitrogens with zero attached hydrogens (tertiary/aromatic N) is 3. The second-order valence-corrected chi connectivity index (χ2v) is 6.80. The maximum atomic E-state index is 12.3. The van der Waals surface area contributed by atoms with Crippen LogP contribution in [0.4, 0.5) is 5.82 Å². The van der Waals surface area contributed by atoms with Gasteiger partial charge in [0.2, 0.25) is 5.91 Å². The minimum Gasteiger partial charge on any atom is -0.367 e. The number of hydrogen-bond donors (Lipinski definition) is 2. The molecule has 1 aliphatic carbocycles. The monoisotopic (exact) mass is 343 g/mol. The third-order valence-corrected chi connectivity index (χ3v) is 5.19. The lowest BCUT2D eigenvalue weighted by Crippen LogP contribution is -2.30. The van der Waals surface area contributed by atoms with Crippen molar-refractivity contribution in [1.82, 2.24) is 20.1 Å². The summed E-state index contributed by atoms with van der Waals surface area (Å²) in [6, 6.07) is 2.42. The van der Waals surface area contributed by atoms with E-state index in [1.807, 2.05) is 24.8 Å². The highest BCUT2D eigenvalue weighted by molar-refractivity contribution is 5.92. The van der Waals surface area contributed by atoms with E-state index in [0.29, 0.717) is 18.9 Å². The van der Waals surface area contributed by atoms with E-state index < -0.39 is 0 Å². The first-order valence-corrected chi connectivity index (χ1v) is 9.59. The van der Waals surface area contributed by atoms with E-state index >= 15 is 0 Å². The molecular formula is C19H29N5O. The Hall–Kier alpha value is -2.11. The topological polar surface area (TPSA) is 73.9 Å². The molecule has 2 heterocycles. The highest BCUT2D eigenvalue weighted by Crippen LogP contribution is 2.27. The number of fused-ring (bicyclic) bond motifs is 1. The smallest absolute Gasteiger partial charge is 0.222 e. The van der Waals surface area contributed by atoms with Crippen molar-refractivity contribution in [3.63, 3.8) is 0 Å². The number of carbonyl (C=O) groups excluding carboxylic acids is 1. The molecule has 136 valence electrons. The number of pyridine rings is 1. The van der Waals surface area contributed by atoms with Gasteiger partial charge in [0.25, 0.3) is 0 Å². The quantitative estimate of drug-likeness (QED) is 0.807. The van der Waals surface area contributed by atoms with Crippen LogP contribution in [0.5, 0.6) is 0 Å². The average Bonchev–Trinajstić information content (AvgIpc) is 3.06. The standard InChI is InChI=1S/C19H29N5O/c1-3-24(4-2)17(25)11-10-15-18-16(23-22-15)12-13-20-19(18)21-14-8-6-5-7-9-14/h12-14H,3-11H2,1-2H3,(H,20,21)(H,22,23). The van der Waals surface area contributed by atoms with Crippen molar-refractivity contribution in [3.8, 4) is 0 Å². The molecule has 3 rings (SSSR count). The minimum absolute atomic E-state index is 0.193. The minimum atomic E-state index is 0.193. The van der Waals surface area contributed by atoms with Crippen molar-refractivity contribution in [3.05, 3.63) is 18.0 Å². The molecular weight excluding hydrogens is 314 g/mol. The van der Waals surface area contributed by atoms with E-state index in [4.69, 9.17) is 0 Å². The third kappa shape index (κ3) is 4.11. The fourth-order valence-corrected chi connectivity index (χ4v) is 3.72. The normalized spacial score (nSPS) is 15.4. The summed E-state index contributed by atoms with van der Waals surface area (Å²) in [5.41, 5.74) is 1.92. The van der Waals surface area contributed by atoms with E-state index in [1.54, 1.807) is 6.20 Å². The Bertz CT molecular complexity index is 701. The Kier molecular flexibility index (Phi) is 5.89. The number of carbonyl (C=O) groups is 1. The molecule has 0 saturated heterocycles. The Morgan fingerprint density at radius 2 is 2.04 bits per heavy atom. The van der Waals surface area contributed by atoms with Crippen LogP contribution in [0.25, 0.3) is 10.9 Å². The third-order valence-electron chi connectivity index (χ3n) is 5.19. The second kappa shape index (κ2) is 8.32. The van der Waals surface area contributed by atoms with E-state index in [9.17, 15) is 4.79 Å². The zero-order chi connectivity index (χ0) is 17.6. The number of amides is 1. The predicted molar refractivity (Wildman–Crippen MR) is 101 cm³/mol. The van der Waals surface area contributed by atoms with Gasteiger partial charge in [-0.3, -0.25) is 9.89 Å². The summed E-state index contributed by atoms with van der Waals surface area (Å²) in [6.07, 6.45) is 9.26. The first-order chi connectivity index (χ1) is 12.2. The number of nitrogens with one attached hydrogen (secondary N) is 2. The van der Waals surface area contributed by atoms with Gasteiger partial charge in [-0.2, -0.15) is 5.10 Å². The van der Waals surface area contributed by atoms with Crippen molar-refractivity contribution in [2.75, 3.05) is 18.4 Å². The van der Waals surface area contributed by atoms with Gasteiger partial charge in [0, 0.05) is 37.4 Å². The summed E-state index contributed by atoms with van der Waals surface area (Å²) in [5, 5.41) is 12.2. The molecule has 2 aromatic rings. The van der Waals surface area contributed by atoms with Gasteiger partial charge in [0.15, 0.2) is 0 Å². The van der Waals surface area contributed by atoms with Crippen LogP contribution < -0.4 is 5.32 Å². The zero-order valence-electron chi connectivity index (χ0n) is 15.3. The predicted octanol–water partition coefficient (Wildman–Crippen LogP) is 3.50. The van der Waals surface area contributed by atoms with Gasteiger partial charge in [-0.1, -0.05) is 19.3 Å². The highest BCUT2D eigenvalue weighted by atomic mass is 16.2. The Morgan fingerprint density at radius 3 is 2.76 bits per heavy atom. The van der Waals surface area contributed by atoms with Crippen LogP contribution in [0.15, 0.2) is 12.3 Å². The number of hydrogen-bond acceptors (Lipinski definition) is 4. The average molecular weight is 343 g/mol. The Labute approximate surface area is 149 Å². The lowest BCUT2D eigenvalue weighted by Gasteiger charge is -2.23. The van der Waals surface area contributed by atoms with Crippen molar-refractivity contribution in [2.24, 2.45) is 0 Å². The summed E-state index contributed by atoms with van der Waals surface area (Å²) in [5.74, 6) is 1.10. The van der Waals surface area contributed by atoms with Crippen LogP contribution in [0.2, 0.25) is 0 Å². The Balaban J connectivity index is 1.75. The molecule has 2 N–H and O–H groups in total. The maximum Gasteiger partial charge on any atom is 0.222 e. The lowest BCUT2D eigenvalue weighted by molar-refractivity contribution is -0.130. The van der Waals surface area contributed by atoms with Crippen molar-refractivity contribution in [1.29, 1.82) is 0 Å². The van der Waals surface area contributed by atoms with Crippen molar-refractivity contribution >= 4 is 22.6 Å². The van der Waals surface area contributed by atoms with E-state index in [1.165, 1.54) is 32.1 Å². The largest absolute Gasteiger partial charge is 0.367 e. The van der Waals surface area contributed by atoms with Gasteiger partial charge in [0.05, 0.1) is 10.9 Å². The fraction of sp³-hybridized carbons (Fsp3) is 0.632. The van der Waals surface area contributed by atoms with Crippen LogP contribution in [0, 0.1) is 0 Å². The number of anilines is 1. The van der Waals surface area contributed by atoms with Gasteiger partial charge in [-0.05, 0) is 39.2 Å². The number of aryl methyl sites for hydroxylation is 1. The SMILES string of the molecule is CCN(CC)C(=O)CCc1[nH]nc2ccnc(NC3CCCCC3)c12. The molecule has 1 saturated carbocycles. The molecule has 1 aliphatic rings. The molecule has 6 nitrogen and oxygen atoms in total. The summed E-state index contributed by atoms with van der Waals surface area (Å²) >= 11 is 0. The van der Waals surface area contributed by atoms with Gasteiger partial charge >= 0.3 is 0 Å². The summed E-state index contributed by atoms with van der Waals surface area (Å²) in [7, 11) is 0. The highest BCUT2D eigenvalue weighted by Gasteiger charge is 2.18. The summed E-state index contributed by atoms with van der Waals surface area (Å²) in [6.45, 7) is 5.55. The molecule has 1 fully saturated rings. The van der Waals surface area contributed by atoms with Gasteiger partial charge in [-0.15, -0.1) is 0 Å². The molecule has 1 amide bonds.